The van der Waals surface area contributed by atoms with Gasteiger partial charge in [-0.25, -0.2) is 9.50 Å². The van der Waals surface area contributed by atoms with Gasteiger partial charge in [-0.15, -0.1) is 0 Å². The van der Waals surface area contributed by atoms with Crippen molar-refractivity contribution in [3.8, 4) is 0 Å². The average Bonchev–Trinajstić information content (AvgIpc) is 2.91. The molecule has 2 aromatic heterocycles. The minimum absolute atomic E-state index is 0.123. The van der Waals surface area contributed by atoms with E-state index in [1.807, 2.05) is 18.3 Å². The third kappa shape index (κ3) is 1.51. The molecule has 0 saturated heterocycles. The fourth-order valence-corrected chi connectivity index (χ4v) is 1.92. The van der Waals surface area contributed by atoms with E-state index in [4.69, 9.17) is 0 Å². The van der Waals surface area contributed by atoms with Gasteiger partial charge in [-0.1, -0.05) is 0 Å². The van der Waals surface area contributed by atoms with Crippen LogP contribution < -0.4 is 0 Å². The summed E-state index contributed by atoms with van der Waals surface area (Å²) in [6.07, 6.45) is 6.76. The third-order valence-electron chi connectivity index (χ3n) is 3.14. The lowest BCUT2D eigenvalue weighted by Crippen LogP contribution is -2.10. The van der Waals surface area contributed by atoms with Crippen molar-refractivity contribution < 1.29 is 5.11 Å². The van der Waals surface area contributed by atoms with Crippen LogP contribution in [0.5, 0.6) is 0 Å². The third-order valence-corrected chi connectivity index (χ3v) is 3.14. The summed E-state index contributed by atoms with van der Waals surface area (Å²) in [5.74, 6) is 0. The average molecular weight is 203 g/mol. The van der Waals surface area contributed by atoms with E-state index in [0.717, 1.165) is 30.6 Å². The molecular weight excluding hydrogens is 190 g/mol. The van der Waals surface area contributed by atoms with Gasteiger partial charge in [0, 0.05) is 25.1 Å². The number of aromatic nitrogens is 3. The highest BCUT2D eigenvalue weighted by molar-refractivity contribution is 5.38. The van der Waals surface area contributed by atoms with Gasteiger partial charge >= 0.3 is 0 Å². The van der Waals surface area contributed by atoms with Crippen LogP contribution in [0.4, 0.5) is 0 Å². The van der Waals surface area contributed by atoms with Crippen molar-refractivity contribution in [3.63, 3.8) is 0 Å². The zero-order chi connectivity index (χ0) is 10.3. The maximum atomic E-state index is 9.24. The Morgan fingerprint density at radius 2 is 2.33 bits per heavy atom. The predicted molar refractivity (Wildman–Crippen MR) is 55.4 cm³/mol. The molecule has 4 nitrogen and oxygen atoms in total. The minimum Gasteiger partial charge on any atom is -0.396 e. The van der Waals surface area contributed by atoms with Crippen LogP contribution in [0.1, 0.15) is 18.5 Å². The van der Waals surface area contributed by atoms with Crippen molar-refractivity contribution in [2.75, 3.05) is 6.61 Å². The van der Waals surface area contributed by atoms with E-state index in [2.05, 4.69) is 10.1 Å². The second kappa shape index (κ2) is 3.03. The predicted octanol–water partition coefficient (Wildman–Crippen LogP) is 1.04. The van der Waals surface area contributed by atoms with Crippen LogP contribution in [0.2, 0.25) is 0 Å². The molecule has 2 heterocycles. The summed E-state index contributed by atoms with van der Waals surface area (Å²) in [7, 11) is 0. The molecule has 0 spiro atoms. The van der Waals surface area contributed by atoms with Gasteiger partial charge < -0.3 is 5.11 Å². The summed E-state index contributed by atoms with van der Waals surface area (Å²) < 4.78 is 1.78. The zero-order valence-corrected chi connectivity index (χ0v) is 8.43. The van der Waals surface area contributed by atoms with Crippen molar-refractivity contribution in [1.29, 1.82) is 0 Å². The molecule has 0 amide bonds. The van der Waals surface area contributed by atoms with Gasteiger partial charge in [0.15, 0.2) is 5.65 Å². The standard InChI is InChI=1S/C11H13N3O/c15-8-11(2-3-11)7-9-6-10-12-4-1-5-14(10)13-9/h1,4-6,15H,2-3,7-8H2. The van der Waals surface area contributed by atoms with Gasteiger partial charge in [0.2, 0.25) is 0 Å². The highest BCUT2D eigenvalue weighted by Gasteiger charge is 2.42. The van der Waals surface area contributed by atoms with Gasteiger partial charge in [0.1, 0.15) is 0 Å². The van der Waals surface area contributed by atoms with Gasteiger partial charge in [-0.2, -0.15) is 5.10 Å². The summed E-state index contributed by atoms with van der Waals surface area (Å²) in [4.78, 5) is 4.22. The molecule has 0 aromatic carbocycles. The second-order valence-corrected chi connectivity index (χ2v) is 4.39. The Bertz CT molecular complexity index is 454. The van der Waals surface area contributed by atoms with E-state index in [9.17, 15) is 5.11 Å². The highest BCUT2D eigenvalue weighted by atomic mass is 16.3. The Labute approximate surface area is 87.6 Å². The molecule has 0 aliphatic heterocycles. The number of aliphatic hydroxyl groups excluding tert-OH is 1. The van der Waals surface area contributed by atoms with Crippen molar-refractivity contribution in [3.05, 3.63) is 30.2 Å². The smallest absolute Gasteiger partial charge is 0.155 e. The molecule has 1 aliphatic rings. The van der Waals surface area contributed by atoms with Crippen LogP contribution in [0, 0.1) is 5.41 Å². The maximum absolute atomic E-state index is 9.24. The van der Waals surface area contributed by atoms with E-state index in [0.29, 0.717) is 0 Å². The van der Waals surface area contributed by atoms with Crippen LogP contribution in [0.15, 0.2) is 24.5 Å². The van der Waals surface area contributed by atoms with Gasteiger partial charge in [-0.3, -0.25) is 0 Å². The van der Waals surface area contributed by atoms with E-state index >= 15 is 0 Å². The van der Waals surface area contributed by atoms with E-state index < -0.39 is 0 Å². The van der Waals surface area contributed by atoms with E-state index in [1.54, 1.807) is 10.7 Å². The topological polar surface area (TPSA) is 50.4 Å². The highest BCUT2D eigenvalue weighted by Crippen LogP contribution is 2.47. The minimum atomic E-state index is 0.123. The van der Waals surface area contributed by atoms with Crippen LogP contribution in [0.3, 0.4) is 0 Å². The molecule has 1 saturated carbocycles. The van der Waals surface area contributed by atoms with Crippen molar-refractivity contribution in [2.24, 2.45) is 5.41 Å². The molecular formula is C11H13N3O. The largest absolute Gasteiger partial charge is 0.396 e. The molecule has 1 fully saturated rings. The number of hydrogen-bond acceptors (Lipinski definition) is 3. The first kappa shape index (κ1) is 8.85. The molecule has 15 heavy (non-hydrogen) atoms. The Morgan fingerprint density at radius 3 is 3.00 bits per heavy atom. The first-order valence-electron chi connectivity index (χ1n) is 5.22. The quantitative estimate of drug-likeness (QED) is 0.811. The van der Waals surface area contributed by atoms with Gasteiger partial charge in [-0.05, 0) is 30.7 Å². The number of fused-ring (bicyclic) bond motifs is 1. The van der Waals surface area contributed by atoms with Crippen LogP contribution in [-0.2, 0) is 6.42 Å². The summed E-state index contributed by atoms with van der Waals surface area (Å²) >= 11 is 0. The first-order valence-corrected chi connectivity index (χ1v) is 5.22. The van der Waals surface area contributed by atoms with Crippen LogP contribution in [0.25, 0.3) is 5.65 Å². The lowest BCUT2D eigenvalue weighted by Gasteiger charge is -2.07. The van der Waals surface area contributed by atoms with Crippen LogP contribution >= 0.6 is 0 Å². The Kier molecular flexibility index (Phi) is 1.79. The fourth-order valence-electron chi connectivity index (χ4n) is 1.92. The van der Waals surface area contributed by atoms with Crippen LogP contribution in [-0.4, -0.2) is 26.3 Å². The molecule has 4 heteroatoms. The lowest BCUT2D eigenvalue weighted by molar-refractivity contribution is 0.210. The number of hydrogen-bond donors (Lipinski definition) is 1. The van der Waals surface area contributed by atoms with E-state index in [1.165, 1.54) is 0 Å². The summed E-state index contributed by atoms with van der Waals surface area (Å²) in [5, 5.41) is 13.7. The normalized spacial score (nSPS) is 18.2. The van der Waals surface area contributed by atoms with E-state index in [-0.39, 0.29) is 12.0 Å². The number of aliphatic hydroxyl groups is 1. The van der Waals surface area contributed by atoms with Crippen molar-refractivity contribution >= 4 is 5.65 Å². The second-order valence-electron chi connectivity index (χ2n) is 4.39. The molecule has 0 radical (unpaired) electrons. The molecule has 2 aromatic rings. The SMILES string of the molecule is OCC1(Cc2cc3ncccn3n2)CC1. The Balaban J connectivity index is 1.92. The Hall–Kier alpha value is -1.42. The molecule has 78 valence electrons. The molecule has 0 bridgehead atoms. The molecule has 0 unspecified atom stereocenters. The zero-order valence-electron chi connectivity index (χ0n) is 8.43. The molecule has 1 aliphatic carbocycles. The maximum Gasteiger partial charge on any atom is 0.155 e. The van der Waals surface area contributed by atoms with Crippen molar-refractivity contribution in [1.82, 2.24) is 14.6 Å². The number of rotatable bonds is 3. The van der Waals surface area contributed by atoms with Gasteiger partial charge in [0.25, 0.3) is 0 Å². The fraction of sp³-hybridized carbons (Fsp3) is 0.455. The first-order chi connectivity index (χ1) is 7.31. The van der Waals surface area contributed by atoms with Crippen molar-refractivity contribution in [2.45, 2.75) is 19.3 Å². The lowest BCUT2D eigenvalue weighted by atomic mass is 10.0. The summed E-state index contributed by atoms with van der Waals surface area (Å²) in [5.41, 5.74) is 2.03. The Morgan fingerprint density at radius 1 is 1.47 bits per heavy atom. The monoisotopic (exact) mass is 203 g/mol. The molecule has 3 rings (SSSR count). The summed E-state index contributed by atoms with van der Waals surface area (Å²) in [6, 6.07) is 3.86. The summed E-state index contributed by atoms with van der Waals surface area (Å²) in [6.45, 7) is 0.272. The molecule has 0 atom stereocenters. The van der Waals surface area contributed by atoms with Gasteiger partial charge in [0.05, 0.1) is 5.69 Å². The number of nitrogens with zero attached hydrogens (tertiary/aromatic N) is 3. The molecule has 1 N–H and O–H groups in total.